The zero-order chi connectivity index (χ0) is 18.8. The van der Waals surface area contributed by atoms with E-state index in [0.717, 1.165) is 37.6 Å². The molecule has 2 aromatic carbocycles. The normalized spacial score (nSPS) is 14.5. The Labute approximate surface area is 156 Å². The predicted octanol–water partition coefficient (Wildman–Crippen LogP) is 3.65. The number of halogens is 1. The lowest BCUT2D eigenvalue weighted by Gasteiger charge is -2.28. The molecule has 1 N–H and O–H groups in total. The quantitative estimate of drug-likeness (QED) is 0.764. The number of nitrogens with one attached hydrogen (secondary N) is 1. The minimum Gasteiger partial charge on any atom is -0.448 e. The molecular formula is C21H21FN2O3. The van der Waals surface area contributed by atoms with Gasteiger partial charge in [-0.3, -0.25) is 4.79 Å². The molecule has 0 aliphatic carbocycles. The van der Waals surface area contributed by atoms with Crippen LogP contribution in [0.2, 0.25) is 0 Å². The van der Waals surface area contributed by atoms with Crippen LogP contribution in [0.5, 0.6) is 0 Å². The second-order valence-corrected chi connectivity index (χ2v) is 6.62. The predicted molar refractivity (Wildman–Crippen MR) is 102 cm³/mol. The molecule has 1 aliphatic heterocycles. The summed E-state index contributed by atoms with van der Waals surface area (Å²) in [6, 6.07) is 12.8. The lowest BCUT2D eigenvalue weighted by Crippen LogP contribution is -2.36. The van der Waals surface area contributed by atoms with E-state index in [1.165, 1.54) is 6.07 Å². The molecule has 0 bridgehead atoms. The van der Waals surface area contributed by atoms with Crippen LogP contribution in [-0.4, -0.2) is 32.2 Å². The molecule has 1 aromatic heterocycles. The first-order valence-corrected chi connectivity index (χ1v) is 9.01. The van der Waals surface area contributed by atoms with E-state index in [1.54, 1.807) is 19.1 Å². The molecule has 0 spiro atoms. The van der Waals surface area contributed by atoms with Crippen molar-refractivity contribution in [2.75, 3.05) is 31.2 Å². The summed E-state index contributed by atoms with van der Waals surface area (Å²) in [6.45, 7) is 5.40. The van der Waals surface area contributed by atoms with Gasteiger partial charge in [0.05, 0.1) is 13.2 Å². The smallest absolute Gasteiger partial charge is 0.287 e. The fourth-order valence-electron chi connectivity index (χ4n) is 3.33. The van der Waals surface area contributed by atoms with Crippen LogP contribution in [0.25, 0.3) is 11.0 Å². The van der Waals surface area contributed by atoms with Crippen molar-refractivity contribution in [3.05, 3.63) is 65.2 Å². The number of anilines is 1. The third kappa shape index (κ3) is 3.53. The van der Waals surface area contributed by atoms with Crippen LogP contribution >= 0.6 is 0 Å². The molecule has 6 heteroatoms. The van der Waals surface area contributed by atoms with Gasteiger partial charge in [-0.15, -0.1) is 0 Å². The van der Waals surface area contributed by atoms with Gasteiger partial charge in [-0.25, -0.2) is 4.39 Å². The fraction of sp³-hybridized carbons (Fsp3) is 0.286. The Morgan fingerprint density at radius 2 is 1.89 bits per heavy atom. The highest BCUT2D eigenvalue weighted by atomic mass is 19.1. The molecule has 140 valence electrons. The van der Waals surface area contributed by atoms with Gasteiger partial charge in [-0.05, 0) is 30.7 Å². The van der Waals surface area contributed by atoms with Gasteiger partial charge in [0.2, 0.25) is 0 Å². The standard InChI is InChI=1S/C21H21FN2O3/c1-14-17-3-2-4-18(22)20(17)27-19(14)21(25)23-13-15-5-7-16(8-6-15)24-9-11-26-12-10-24/h2-8H,9-13H2,1H3,(H,23,25). The average Bonchev–Trinajstić information content (AvgIpc) is 3.05. The van der Waals surface area contributed by atoms with Gasteiger partial charge >= 0.3 is 0 Å². The number of rotatable bonds is 4. The summed E-state index contributed by atoms with van der Waals surface area (Å²) in [4.78, 5) is 14.8. The van der Waals surface area contributed by atoms with Crippen LogP contribution in [0.4, 0.5) is 10.1 Å². The topological polar surface area (TPSA) is 54.7 Å². The van der Waals surface area contributed by atoms with Gasteiger partial charge in [0, 0.05) is 36.3 Å². The third-order valence-electron chi connectivity index (χ3n) is 4.89. The molecule has 5 nitrogen and oxygen atoms in total. The lowest BCUT2D eigenvalue weighted by molar-refractivity contribution is 0.0924. The number of furan rings is 1. The number of carbonyl (C=O) groups excluding carboxylic acids is 1. The van der Waals surface area contributed by atoms with Gasteiger partial charge in [-0.1, -0.05) is 24.3 Å². The number of carbonyl (C=O) groups is 1. The Morgan fingerprint density at radius 3 is 2.59 bits per heavy atom. The second-order valence-electron chi connectivity index (χ2n) is 6.62. The van der Waals surface area contributed by atoms with E-state index < -0.39 is 5.82 Å². The van der Waals surface area contributed by atoms with Crippen molar-refractivity contribution in [2.24, 2.45) is 0 Å². The molecular weight excluding hydrogens is 347 g/mol. The number of hydrogen-bond acceptors (Lipinski definition) is 4. The summed E-state index contributed by atoms with van der Waals surface area (Å²) < 4.78 is 24.7. The van der Waals surface area contributed by atoms with Crippen LogP contribution in [0.15, 0.2) is 46.9 Å². The van der Waals surface area contributed by atoms with E-state index >= 15 is 0 Å². The molecule has 2 heterocycles. The second kappa shape index (κ2) is 7.40. The number of aryl methyl sites for hydroxylation is 1. The van der Waals surface area contributed by atoms with E-state index in [2.05, 4.69) is 22.3 Å². The Hall–Kier alpha value is -2.86. The zero-order valence-electron chi connectivity index (χ0n) is 15.1. The molecule has 0 unspecified atom stereocenters. The van der Waals surface area contributed by atoms with Crippen LogP contribution in [-0.2, 0) is 11.3 Å². The Bertz CT molecular complexity index is 959. The number of ether oxygens (including phenoxy) is 1. The SMILES string of the molecule is Cc1c(C(=O)NCc2ccc(N3CCOCC3)cc2)oc2c(F)cccc12. The lowest BCUT2D eigenvalue weighted by atomic mass is 10.1. The first-order chi connectivity index (χ1) is 13.1. The van der Waals surface area contributed by atoms with E-state index in [-0.39, 0.29) is 17.3 Å². The Kier molecular flexibility index (Phi) is 4.81. The summed E-state index contributed by atoms with van der Waals surface area (Å²) in [5, 5.41) is 3.47. The van der Waals surface area contributed by atoms with Crippen molar-refractivity contribution in [2.45, 2.75) is 13.5 Å². The summed E-state index contributed by atoms with van der Waals surface area (Å²) in [6.07, 6.45) is 0. The molecule has 27 heavy (non-hydrogen) atoms. The fourth-order valence-corrected chi connectivity index (χ4v) is 3.33. The maximum absolute atomic E-state index is 13.8. The maximum atomic E-state index is 13.8. The molecule has 1 saturated heterocycles. The number of amides is 1. The number of benzene rings is 2. The average molecular weight is 368 g/mol. The molecule has 1 fully saturated rings. The minimum absolute atomic E-state index is 0.120. The summed E-state index contributed by atoms with van der Waals surface area (Å²) >= 11 is 0. The summed E-state index contributed by atoms with van der Waals surface area (Å²) in [5.74, 6) is -0.659. The van der Waals surface area contributed by atoms with Crippen molar-refractivity contribution < 1.29 is 18.3 Å². The van der Waals surface area contributed by atoms with Gasteiger partial charge < -0.3 is 19.4 Å². The number of hydrogen-bond donors (Lipinski definition) is 1. The Morgan fingerprint density at radius 1 is 1.15 bits per heavy atom. The zero-order valence-corrected chi connectivity index (χ0v) is 15.1. The van der Waals surface area contributed by atoms with Crippen molar-refractivity contribution in [3.63, 3.8) is 0 Å². The highest BCUT2D eigenvalue weighted by molar-refractivity contribution is 5.98. The number of morpholine rings is 1. The van der Waals surface area contributed by atoms with Gasteiger partial charge in [0.15, 0.2) is 17.2 Å². The molecule has 3 aromatic rings. The molecule has 0 radical (unpaired) electrons. The number of para-hydroxylation sites is 1. The number of nitrogens with zero attached hydrogens (tertiary/aromatic N) is 1. The van der Waals surface area contributed by atoms with E-state index in [9.17, 15) is 9.18 Å². The minimum atomic E-state index is -0.464. The van der Waals surface area contributed by atoms with Crippen LogP contribution in [0, 0.1) is 12.7 Å². The highest BCUT2D eigenvalue weighted by Gasteiger charge is 2.19. The maximum Gasteiger partial charge on any atom is 0.287 e. The summed E-state index contributed by atoms with van der Waals surface area (Å²) in [5.41, 5.74) is 2.90. The van der Waals surface area contributed by atoms with Crippen LogP contribution in [0.3, 0.4) is 0 Å². The highest BCUT2D eigenvalue weighted by Crippen LogP contribution is 2.27. The van der Waals surface area contributed by atoms with Crippen molar-refractivity contribution >= 4 is 22.6 Å². The van der Waals surface area contributed by atoms with Crippen LogP contribution in [0.1, 0.15) is 21.7 Å². The van der Waals surface area contributed by atoms with E-state index in [4.69, 9.17) is 9.15 Å². The molecule has 1 amide bonds. The largest absolute Gasteiger partial charge is 0.448 e. The Balaban J connectivity index is 1.43. The van der Waals surface area contributed by atoms with Gasteiger partial charge in [0.1, 0.15) is 0 Å². The van der Waals surface area contributed by atoms with E-state index in [0.29, 0.717) is 17.5 Å². The van der Waals surface area contributed by atoms with Crippen molar-refractivity contribution in [3.8, 4) is 0 Å². The number of fused-ring (bicyclic) bond motifs is 1. The van der Waals surface area contributed by atoms with Gasteiger partial charge in [0.25, 0.3) is 5.91 Å². The van der Waals surface area contributed by atoms with Crippen LogP contribution < -0.4 is 10.2 Å². The molecule has 1 aliphatic rings. The first kappa shape index (κ1) is 17.5. The monoisotopic (exact) mass is 368 g/mol. The molecule has 4 rings (SSSR count). The third-order valence-corrected chi connectivity index (χ3v) is 4.89. The summed E-state index contributed by atoms with van der Waals surface area (Å²) in [7, 11) is 0. The molecule has 0 atom stereocenters. The first-order valence-electron chi connectivity index (χ1n) is 9.01. The molecule has 0 saturated carbocycles. The van der Waals surface area contributed by atoms with Gasteiger partial charge in [-0.2, -0.15) is 0 Å². The van der Waals surface area contributed by atoms with Crippen molar-refractivity contribution in [1.29, 1.82) is 0 Å². The van der Waals surface area contributed by atoms with E-state index in [1.807, 2.05) is 12.1 Å². The van der Waals surface area contributed by atoms with Crippen molar-refractivity contribution in [1.82, 2.24) is 5.32 Å².